The molecule has 0 amide bonds. The van der Waals surface area contributed by atoms with Crippen LogP contribution in [0.15, 0.2) is 0 Å². The Balaban J connectivity index is 0. The Hall–Kier alpha value is -0.570. The molecule has 0 saturated heterocycles. The molecule has 0 radical (unpaired) electrons. The Morgan fingerprint density at radius 1 is 0.947 bits per heavy atom. The first-order chi connectivity index (χ1) is 8.95. The number of hydrogen-bond acceptors (Lipinski definition) is 7. The summed E-state index contributed by atoms with van der Waals surface area (Å²) in [5.74, 6) is 0. The van der Waals surface area contributed by atoms with Crippen molar-refractivity contribution < 1.29 is 35.4 Å². The highest BCUT2D eigenvalue weighted by atomic mass is 16.4. The van der Waals surface area contributed by atoms with Crippen LogP contribution in [0.5, 0.6) is 0 Å². The minimum absolute atomic E-state index is 0.0258. The molecule has 0 aliphatic heterocycles. The standard InChI is InChI=1S/C6H12O6.C6H14O/c7-1-3(9)5(11)6(12)4(10)2-8;1-2-3-4-5-6-7/h1,3-6,8-12H,2H2;7H,2-6H2,1H3/t3-,4+,5+,6+;/m0./s1. The van der Waals surface area contributed by atoms with E-state index in [1.165, 1.54) is 19.3 Å². The summed E-state index contributed by atoms with van der Waals surface area (Å²) in [6.45, 7) is 1.77. The number of unbranched alkanes of at least 4 members (excludes halogenated alkanes) is 3. The molecule has 0 aliphatic rings. The lowest BCUT2D eigenvalue weighted by molar-refractivity contribution is -0.136. The summed E-state index contributed by atoms with van der Waals surface area (Å²) in [7, 11) is 0. The van der Waals surface area contributed by atoms with Crippen molar-refractivity contribution in [2.75, 3.05) is 13.2 Å². The van der Waals surface area contributed by atoms with E-state index in [0.29, 0.717) is 6.61 Å². The van der Waals surface area contributed by atoms with Gasteiger partial charge in [0.05, 0.1) is 6.61 Å². The largest absolute Gasteiger partial charge is 0.396 e. The number of carbonyl (C=O) groups is 1. The third-order valence-electron chi connectivity index (χ3n) is 2.43. The number of aliphatic hydroxyl groups excluding tert-OH is 6. The maximum absolute atomic E-state index is 9.90. The van der Waals surface area contributed by atoms with Gasteiger partial charge in [0.2, 0.25) is 0 Å². The predicted molar refractivity (Wildman–Crippen MR) is 68.4 cm³/mol. The maximum Gasteiger partial charge on any atom is 0.151 e. The van der Waals surface area contributed by atoms with Gasteiger partial charge in [-0.05, 0) is 6.42 Å². The molecule has 116 valence electrons. The van der Waals surface area contributed by atoms with E-state index in [2.05, 4.69) is 6.92 Å². The molecule has 0 fully saturated rings. The van der Waals surface area contributed by atoms with Crippen molar-refractivity contribution in [3.8, 4) is 0 Å². The second-order valence-corrected chi connectivity index (χ2v) is 4.14. The fourth-order valence-electron chi connectivity index (χ4n) is 1.16. The van der Waals surface area contributed by atoms with Gasteiger partial charge >= 0.3 is 0 Å². The summed E-state index contributed by atoms with van der Waals surface area (Å²) in [5.41, 5.74) is 0. The molecule has 19 heavy (non-hydrogen) atoms. The van der Waals surface area contributed by atoms with Gasteiger partial charge in [-0.25, -0.2) is 0 Å². The average molecular weight is 282 g/mol. The number of rotatable bonds is 9. The molecule has 0 spiro atoms. The van der Waals surface area contributed by atoms with Crippen LogP contribution in [0, 0.1) is 0 Å². The predicted octanol–water partition coefficient (Wildman–Crippen LogP) is -1.82. The van der Waals surface area contributed by atoms with Gasteiger partial charge in [0.1, 0.15) is 24.4 Å². The van der Waals surface area contributed by atoms with Crippen LogP contribution in [-0.2, 0) is 4.79 Å². The van der Waals surface area contributed by atoms with E-state index in [0.717, 1.165) is 6.42 Å². The van der Waals surface area contributed by atoms with Crippen LogP contribution in [-0.4, -0.2) is 74.6 Å². The van der Waals surface area contributed by atoms with Gasteiger partial charge in [0, 0.05) is 6.61 Å². The number of carbonyl (C=O) groups excluding carboxylic acids is 1. The van der Waals surface area contributed by atoms with Crippen molar-refractivity contribution in [3.63, 3.8) is 0 Å². The van der Waals surface area contributed by atoms with Crippen LogP contribution in [0.1, 0.15) is 32.6 Å². The lowest BCUT2D eigenvalue weighted by Gasteiger charge is -2.22. The zero-order valence-electron chi connectivity index (χ0n) is 11.2. The summed E-state index contributed by atoms with van der Waals surface area (Å²) in [6, 6.07) is 0. The molecule has 0 aliphatic carbocycles. The lowest BCUT2D eigenvalue weighted by Crippen LogP contribution is -2.46. The molecule has 7 nitrogen and oxygen atoms in total. The Morgan fingerprint density at radius 3 is 1.89 bits per heavy atom. The van der Waals surface area contributed by atoms with Gasteiger partial charge in [-0.1, -0.05) is 26.2 Å². The molecule has 0 aromatic rings. The second-order valence-electron chi connectivity index (χ2n) is 4.14. The van der Waals surface area contributed by atoms with E-state index in [1.807, 2.05) is 0 Å². The van der Waals surface area contributed by atoms with E-state index in [1.54, 1.807) is 0 Å². The first-order valence-electron chi connectivity index (χ1n) is 6.35. The molecule has 0 aromatic heterocycles. The highest BCUT2D eigenvalue weighted by Gasteiger charge is 2.29. The van der Waals surface area contributed by atoms with Crippen molar-refractivity contribution in [2.24, 2.45) is 0 Å². The highest BCUT2D eigenvalue weighted by Crippen LogP contribution is 2.02. The lowest BCUT2D eigenvalue weighted by atomic mass is 10.0. The van der Waals surface area contributed by atoms with Crippen LogP contribution >= 0.6 is 0 Å². The molecule has 0 heterocycles. The fraction of sp³-hybridized carbons (Fsp3) is 0.917. The topological polar surface area (TPSA) is 138 Å². The number of aldehydes is 1. The van der Waals surface area contributed by atoms with Crippen LogP contribution in [0.4, 0.5) is 0 Å². The maximum atomic E-state index is 9.90. The molecule has 7 heteroatoms. The molecular formula is C12H26O7. The third kappa shape index (κ3) is 11.0. The summed E-state index contributed by atoms with van der Waals surface area (Å²) >= 11 is 0. The quantitative estimate of drug-likeness (QED) is 0.216. The SMILES string of the molecule is CCCCCCO.O=C[C@H](O)[C@@H](O)[C@H](O)[C@H](O)CO. The zero-order valence-corrected chi connectivity index (χ0v) is 11.2. The Morgan fingerprint density at radius 2 is 1.53 bits per heavy atom. The summed E-state index contributed by atoms with van der Waals surface area (Å²) in [4.78, 5) is 9.90. The Bertz CT molecular complexity index is 197. The minimum atomic E-state index is -1.79. The Labute approximate surface area is 113 Å². The van der Waals surface area contributed by atoms with E-state index in [-0.39, 0.29) is 6.29 Å². The van der Waals surface area contributed by atoms with Gasteiger partial charge in [-0.2, -0.15) is 0 Å². The van der Waals surface area contributed by atoms with Gasteiger partial charge in [0.15, 0.2) is 6.29 Å². The first kappa shape index (κ1) is 20.7. The summed E-state index contributed by atoms with van der Waals surface area (Å²) in [5, 5.41) is 51.8. The molecule has 0 bridgehead atoms. The van der Waals surface area contributed by atoms with Gasteiger partial charge < -0.3 is 35.4 Å². The van der Waals surface area contributed by atoms with E-state index < -0.39 is 31.0 Å². The van der Waals surface area contributed by atoms with Crippen LogP contribution in [0.2, 0.25) is 0 Å². The smallest absolute Gasteiger partial charge is 0.151 e. The van der Waals surface area contributed by atoms with E-state index in [4.69, 9.17) is 30.6 Å². The van der Waals surface area contributed by atoms with Crippen molar-refractivity contribution in [3.05, 3.63) is 0 Å². The van der Waals surface area contributed by atoms with Gasteiger partial charge in [0.25, 0.3) is 0 Å². The van der Waals surface area contributed by atoms with E-state index >= 15 is 0 Å². The van der Waals surface area contributed by atoms with Crippen molar-refractivity contribution in [2.45, 2.75) is 57.0 Å². The molecule has 6 N–H and O–H groups in total. The molecular weight excluding hydrogens is 256 g/mol. The molecule has 0 aromatic carbocycles. The van der Waals surface area contributed by atoms with Gasteiger partial charge in [-0.3, -0.25) is 0 Å². The fourth-order valence-corrected chi connectivity index (χ4v) is 1.16. The Kier molecular flexibility index (Phi) is 15.1. The summed E-state index contributed by atoms with van der Waals surface area (Å²) < 4.78 is 0. The molecule has 0 rings (SSSR count). The van der Waals surface area contributed by atoms with Crippen molar-refractivity contribution in [1.29, 1.82) is 0 Å². The van der Waals surface area contributed by atoms with Crippen LogP contribution in [0.25, 0.3) is 0 Å². The number of hydrogen-bond donors (Lipinski definition) is 6. The van der Waals surface area contributed by atoms with Crippen LogP contribution < -0.4 is 0 Å². The third-order valence-corrected chi connectivity index (χ3v) is 2.43. The molecule has 4 atom stereocenters. The highest BCUT2D eigenvalue weighted by molar-refractivity contribution is 5.56. The second kappa shape index (κ2) is 13.9. The monoisotopic (exact) mass is 282 g/mol. The normalized spacial score (nSPS) is 16.8. The van der Waals surface area contributed by atoms with E-state index in [9.17, 15) is 4.79 Å². The zero-order chi connectivity index (χ0) is 15.3. The molecule has 0 unspecified atom stereocenters. The van der Waals surface area contributed by atoms with Crippen molar-refractivity contribution in [1.82, 2.24) is 0 Å². The summed E-state index contributed by atoms with van der Waals surface area (Å²) in [6.07, 6.45) is -2.16. The van der Waals surface area contributed by atoms with Crippen molar-refractivity contribution >= 4 is 6.29 Å². The average Bonchev–Trinajstić information content (AvgIpc) is 2.45. The molecule has 0 saturated carbocycles. The van der Waals surface area contributed by atoms with Crippen LogP contribution in [0.3, 0.4) is 0 Å². The first-order valence-corrected chi connectivity index (χ1v) is 6.35. The number of aliphatic hydroxyl groups is 6. The van der Waals surface area contributed by atoms with Gasteiger partial charge in [-0.15, -0.1) is 0 Å². The minimum Gasteiger partial charge on any atom is -0.396 e.